The summed E-state index contributed by atoms with van der Waals surface area (Å²) in [6.45, 7) is 0. The number of aromatic nitrogens is 3. The summed E-state index contributed by atoms with van der Waals surface area (Å²) >= 11 is 0. The zero-order chi connectivity index (χ0) is 16.8. The van der Waals surface area contributed by atoms with Gasteiger partial charge in [-0.05, 0) is 29.3 Å². The quantitative estimate of drug-likeness (QED) is 0.473. The van der Waals surface area contributed by atoms with Crippen molar-refractivity contribution in [2.75, 3.05) is 5.32 Å². The van der Waals surface area contributed by atoms with Gasteiger partial charge in [0.1, 0.15) is 0 Å². The highest BCUT2D eigenvalue weighted by molar-refractivity contribution is 5.98. The van der Waals surface area contributed by atoms with Crippen LogP contribution in [0.25, 0.3) is 22.3 Å². The topological polar surface area (TPSA) is 73.6 Å². The van der Waals surface area contributed by atoms with Gasteiger partial charge in [0.05, 0.1) is 24.0 Å². The van der Waals surface area contributed by atoms with Crippen molar-refractivity contribution in [2.24, 2.45) is 0 Å². The van der Waals surface area contributed by atoms with Gasteiger partial charge in [0, 0.05) is 28.6 Å². The minimum atomic E-state index is -0.00727. The molecule has 0 saturated heterocycles. The average Bonchev–Trinajstić information content (AvgIpc) is 3.27. The van der Waals surface area contributed by atoms with E-state index in [1.807, 2.05) is 54.7 Å². The van der Waals surface area contributed by atoms with Crippen LogP contribution in [0.1, 0.15) is 16.7 Å². The molecule has 0 spiro atoms. The molecule has 25 heavy (non-hydrogen) atoms. The van der Waals surface area contributed by atoms with Gasteiger partial charge in [-0.3, -0.25) is 9.89 Å². The zero-order valence-electron chi connectivity index (χ0n) is 13.5. The van der Waals surface area contributed by atoms with Crippen LogP contribution in [-0.2, 0) is 17.6 Å². The Morgan fingerprint density at radius 3 is 2.88 bits per heavy atom. The van der Waals surface area contributed by atoms with Crippen molar-refractivity contribution in [3.8, 4) is 11.4 Å². The first-order chi connectivity index (χ1) is 12.3. The van der Waals surface area contributed by atoms with E-state index in [0.717, 1.165) is 40.0 Å². The number of nitrogens with zero attached hydrogens (tertiary/aromatic N) is 1. The van der Waals surface area contributed by atoms with Crippen molar-refractivity contribution in [3.63, 3.8) is 0 Å². The first-order valence-electron chi connectivity index (χ1n) is 8.29. The van der Waals surface area contributed by atoms with Gasteiger partial charge in [0.25, 0.3) is 0 Å². The van der Waals surface area contributed by atoms with Gasteiger partial charge in [0.2, 0.25) is 5.91 Å². The number of benzene rings is 2. The standard InChI is InChI=1S/C20H16N4O/c25-18(8-12-4-2-1-3-5-12)22-14-6-7-17-15(10-14)16-9-13-11-21-24-19(13)20(16)23-17/h1-7,10-11,23H,8-9H2,(H,21,24)(H,22,25). The van der Waals surface area contributed by atoms with Crippen molar-refractivity contribution in [2.45, 2.75) is 12.8 Å². The molecule has 0 saturated carbocycles. The van der Waals surface area contributed by atoms with Crippen molar-refractivity contribution in [1.29, 1.82) is 0 Å². The van der Waals surface area contributed by atoms with E-state index >= 15 is 0 Å². The molecule has 0 unspecified atom stereocenters. The number of rotatable bonds is 3. The number of amides is 1. The smallest absolute Gasteiger partial charge is 0.228 e. The number of carbonyl (C=O) groups is 1. The van der Waals surface area contributed by atoms with Gasteiger partial charge >= 0.3 is 0 Å². The van der Waals surface area contributed by atoms with Gasteiger partial charge in [0.15, 0.2) is 0 Å². The molecule has 2 aromatic carbocycles. The van der Waals surface area contributed by atoms with E-state index < -0.39 is 0 Å². The molecule has 3 N–H and O–H groups in total. The third kappa shape index (κ3) is 2.32. The zero-order valence-corrected chi connectivity index (χ0v) is 13.5. The fourth-order valence-electron chi connectivity index (χ4n) is 3.56. The van der Waals surface area contributed by atoms with Crippen LogP contribution >= 0.6 is 0 Å². The maximum absolute atomic E-state index is 12.3. The first kappa shape index (κ1) is 14.0. The maximum atomic E-state index is 12.3. The predicted octanol–water partition coefficient (Wildman–Crippen LogP) is 3.64. The molecule has 0 atom stereocenters. The Labute approximate surface area is 144 Å². The van der Waals surface area contributed by atoms with Crippen LogP contribution in [0.5, 0.6) is 0 Å². The number of anilines is 1. The number of nitrogens with one attached hydrogen (secondary N) is 3. The van der Waals surface area contributed by atoms with Crippen LogP contribution < -0.4 is 5.32 Å². The summed E-state index contributed by atoms with van der Waals surface area (Å²) in [5.41, 5.74) is 7.56. The van der Waals surface area contributed by atoms with E-state index in [1.54, 1.807) is 0 Å². The lowest BCUT2D eigenvalue weighted by molar-refractivity contribution is -0.115. The Bertz CT molecular complexity index is 1090. The molecule has 5 nitrogen and oxygen atoms in total. The molecule has 2 heterocycles. The minimum absolute atomic E-state index is 0.00727. The molecular formula is C20H16N4O. The van der Waals surface area contributed by atoms with Gasteiger partial charge in [-0.15, -0.1) is 0 Å². The predicted molar refractivity (Wildman–Crippen MR) is 97.5 cm³/mol. The van der Waals surface area contributed by atoms with Crippen molar-refractivity contribution < 1.29 is 4.79 Å². The second-order valence-electron chi connectivity index (χ2n) is 6.40. The lowest BCUT2D eigenvalue weighted by atomic mass is 10.1. The number of aromatic amines is 2. The Morgan fingerprint density at radius 1 is 1.12 bits per heavy atom. The van der Waals surface area contributed by atoms with Gasteiger partial charge in [-0.25, -0.2) is 0 Å². The largest absolute Gasteiger partial charge is 0.353 e. The molecule has 1 aliphatic rings. The molecule has 0 radical (unpaired) electrons. The average molecular weight is 328 g/mol. The highest BCUT2D eigenvalue weighted by Gasteiger charge is 2.24. The summed E-state index contributed by atoms with van der Waals surface area (Å²) in [7, 11) is 0. The first-order valence-corrected chi connectivity index (χ1v) is 8.29. The number of fused-ring (bicyclic) bond motifs is 5. The van der Waals surface area contributed by atoms with E-state index in [9.17, 15) is 4.79 Å². The van der Waals surface area contributed by atoms with E-state index in [1.165, 1.54) is 11.1 Å². The lowest BCUT2D eigenvalue weighted by Crippen LogP contribution is -2.14. The Morgan fingerprint density at radius 2 is 2.00 bits per heavy atom. The van der Waals surface area contributed by atoms with E-state index in [0.29, 0.717) is 6.42 Å². The summed E-state index contributed by atoms with van der Waals surface area (Å²) < 4.78 is 0. The second kappa shape index (κ2) is 5.34. The fraction of sp³-hybridized carbons (Fsp3) is 0.100. The summed E-state index contributed by atoms with van der Waals surface area (Å²) in [5, 5.41) is 11.3. The minimum Gasteiger partial charge on any atom is -0.353 e. The molecule has 2 aromatic heterocycles. The maximum Gasteiger partial charge on any atom is 0.228 e. The Hall–Kier alpha value is -3.34. The van der Waals surface area contributed by atoms with Crippen LogP contribution in [0.15, 0.2) is 54.7 Å². The molecule has 0 aliphatic heterocycles. The normalized spacial score (nSPS) is 12.2. The molecule has 0 fully saturated rings. The SMILES string of the molecule is O=C(Cc1ccccc1)Nc1ccc2[nH]c3c(c2c1)Cc1cn[nH]c1-3. The summed E-state index contributed by atoms with van der Waals surface area (Å²) in [4.78, 5) is 15.7. The molecule has 0 bridgehead atoms. The molecule has 1 amide bonds. The monoisotopic (exact) mass is 328 g/mol. The highest BCUT2D eigenvalue weighted by atomic mass is 16.1. The van der Waals surface area contributed by atoms with Crippen molar-refractivity contribution in [3.05, 3.63) is 71.4 Å². The molecule has 122 valence electrons. The van der Waals surface area contributed by atoms with Gasteiger partial charge in [-0.2, -0.15) is 5.10 Å². The van der Waals surface area contributed by atoms with Crippen LogP contribution in [0, 0.1) is 0 Å². The number of H-pyrrole nitrogens is 2. The number of carbonyl (C=O) groups excluding carboxylic acids is 1. The third-order valence-corrected chi connectivity index (χ3v) is 4.73. The van der Waals surface area contributed by atoms with Crippen molar-refractivity contribution in [1.82, 2.24) is 15.2 Å². The number of hydrogen-bond acceptors (Lipinski definition) is 2. The third-order valence-electron chi connectivity index (χ3n) is 4.73. The van der Waals surface area contributed by atoms with Crippen molar-refractivity contribution >= 4 is 22.5 Å². The number of hydrogen-bond donors (Lipinski definition) is 3. The highest BCUT2D eigenvalue weighted by Crippen LogP contribution is 2.39. The van der Waals surface area contributed by atoms with Crippen LogP contribution in [0.3, 0.4) is 0 Å². The molecule has 5 heteroatoms. The fourth-order valence-corrected chi connectivity index (χ4v) is 3.56. The molecule has 1 aliphatic carbocycles. The van der Waals surface area contributed by atoms with Gasteiger partial charge in [-0.1, -0.05) is 30.3 Å². The lowest BCUT2D eigenvalue weighted by Gasteiger charge is -2.06. The van der Waals surface area contributed by atoms with E-state index in [2.05, 4.69) is 20.5 Å². The van der Waals surface area contributed by atoms with Gasteiger partial charge < -0.3 is 10.3 Å². The Balaban J connectivity index is 1.43. The van der Waals surface area contributed by atoms with E-state index in [-0.39, 0.29) is 5.91 Å². The second-order valence-corrected chi connectivity index (χ2v) is 6.40. The van der Waals surface area contributed by atoms with Crippen LogP contribution in [0.4, 0.5) is 5.69 Å². The molecule has 5 rings (SSSR count). The van der Waals surface area contributed by atoms with Crippen LogP contribution in [0.2, 0.25) is 0 Å². The summed E-state index contributed by atoms with van der Waals surface area (Å²) in [6, 6.07) is 15.8. The summed E-state index contributed by atoms with van der Waals surface area (Å²) in [5.74, 6) is -0.00727. The van der Waals surface area contributed by atoms with Crippen LogP contribution in [-0.4, -0.2) is 21.1 Å². The molecule has 4 aromatic rings. The summed E-state index contributed by atoms with van der Waals surface area (Å²) in [6.07, 6.45) is 3.11. The van der Waals surface area contributed by atoms with E-state index in [4.69, 9.17) is 0 Å². The Kier molecular flexibility index (Phi) is 3.00. The molecular weight excluding hydrogens is 312 g/mol.